The Kier molecular flexibility index (Phi) is 13.5. The molecule has 0 amide bonds. The lowest BCUT2D eigenvalue weighted by atomic mass is 9.97. The Balaban J connectivity index is 0.528. The molecule has 0 aliphatic heterocycles. The Labute approximate surface area is 658 Å². The van der Waals surface area contributed by atoms with Crippen LogP contribution >= 0.6 is 0 Å². The van der Waals surface area contributed by atoms with Crippen LogP contribution in [0.3, 0.4) is 0 Å². The second kappa shape index (κ2) is 24.5. The highest BCUT2D eigenvalue weighted by atomic mass is 16.3. The number of rotatable bonds is 10. The fourth-order valence-corrected chi connectivity index (χ4v) is 19.4. The van der Waals surface area contributed by atoms with Crippen LogP contribution in [0.5, 0.6) is 0 Å². The summed E-state index contributed by atoms with van der Waals surface area (Å²) in [4.78, 5) is 0. The lowest BCUT2D eigenvalue weighted by molar-refractivity contribution is 0.669. The molecule has 0 unspecified atom stereocenters. The van der Waals surface area contributed by atoms with Gasteiger partial charge in [-0.05, 0) is 202 Å². The maximum atomic E-state index is 7.03. The van der Waals surface area contributed by atoms with Gasteiger partial charge in [0, 0.05) is 115 Å². The number of furan rings is 2. The minimum absolute atomic E-state index is 0.852. The van der Waals surface area contributed by atoms with Gasteiger partial charge in [-0.3, -0.25) is 0 Å². The van der Waals surface area contributed by atoms with Gasteiger partial charge in [-0.2, -0.15) is 0 Å². The molecule has 0 radical (unpaired) electrons. The summed E-state index contributed by atoms with van der Waals surface area (Å²) in [7, 11) is 0. The van der Waals surface area contributed by atoms with Crippen molar-refractivity contribution in [3.8, 4) is 84.1 Å². The molecule has 25 aromatic rings. The molecule has 0 fully saturated rings. The van der Waals surface area contributed by atoms with Gasteiger partial charge >= 0.3 is 0 Å². The number of hydrogen-bond donors (Lipinski definition) is 0. The topological polar surface area (TPSA) is 50.9 Å². The average molecular weight is 1460 g/mol. The summed E-state index contributed by atoms with van der Waals surface area (Å²) in [5.41, 5.74) is 32.1. The second-order valence-corrected chi connectivity index (χ2v) is 30.6. The Morgan fingerprint density at radius 3 is 0.922 bits per heavy atom. The standard InChI is InChI=1S/C108H65N5O2/c1-2-21-73(22-3-1)109-94-35-10-4-24-81(94)89-61-68(46-55-99(89)109)71-49-58-102-92(64-71)84-27-7-13-38-97(84)113(102)77-54-59-103-93(65-77)85-28-8-14-39-98(85)112(103)76-23-16-20-72(60-76)78-30-19-41-105-106(78)88-34-18-32-80(108(88)115-105)67-44-52-75(53-45-67)111-96-37-12-6-26-83(96)91-63-70(48-57-101(91)111)69-47-56-100-90(62-69)82-25-5-11-36-95(82)110(100)74-50-42-66(43-51-74)79-31-17-33-87-86-29-9-15-40-104(86)114-107(79)87/h1-65H. The zero-order chi connectivity index (χ0) is 75.1. The number of para-hydroxylation sites is 9. The minimum Gasteiger partial charge on any atom is -0.455 e. The normalized spacial score (nSPS) is 12.2. The van der Waals surface area contributed by atoms with E-state index in [-0.39, 0.29) is 0 Å². The van der Waals surface area contributed by atoms with Gasteiger partial charge in [-0.1, -0.05) is 237 Å². The monoisotopic (exact) mass is 1460 g/mol. The third-order valence-corrected chi connectivity index (χ3v) is 24.5. The Morgan fingerprint density at radius 1 is 0.148 bits per heavy atom. The van der Waals surface area contributed by atoms with Crippen molar-refractivity contribution in [1.29, 1.82) is 0 Å². The van der Waals surface area contributed by atoms with Crippen LogP contribution in [-0.2, 0) is 0 Å². The molecule has 534 valence electrons. The van der Waals surface area contributed by atoms with E-state index in [9.17, 15) is 0 Å². The molecule has 7 heteroatoms. The summed E-state index contributed by atoms with van der Waals surface area (Å²) in [6.45, 7) is 0. The van der Waals surface area contributed by atoms with Crippen LogP contribution in [0, 0.1) is 0 Å². The molecule has 115 heavy (non-hydrogen) atoms. The third kappa shape index (κ3) is 9.47. The van der Waals surface area contributed by atoms with E-state index in [0.717, 1.165) is 133 Å². The van der Waals surface area contributed by atoms with E-state index in [1.165, 1.54) is 104 Å². The highest BCUT2D eigenvalue weighted by molar-refractivity contribution is 6.19. The summed E-state index contributed by atoms with van der Waals surface area (Å²) >= 11 is 0. The van der Waals surface area contributed by atoms with Gasteiger partial charge in [0.15, 0.2) is 0 Å². The average Bonchev–Trinajstić information content (AvgIpc) is 1.58. The van der Waals surface area contributed by atoms with Gasteiger partial charge in [-0.25, -0.2) is 0 Å². The predicted molar refractivity (Wildman–Crippen MR) is 480 cm³/mol. The molecule has 0 atom stereocenters. The van der Waals surface area contributed by atoms with Crippen molar-refractivity contribution in [2.24, 2.45) is 0 Å². The van der Waals surface area contributed by atoms with Gasteiger partial charge in [-0.15, -0.1) is 0 Å². The molecule has 7 aromatic heterocycles. The quantitative estimate of drug-likeness (QED) is 0.137. The largest absolute Gasteiger partial charge is 0.455 e. The number of aromatic nitrogens is 5. The molecule has 18 aromatic carbocycles. The first-order valence-corrected chi connectivity index (χ1v) is 39.4. The lowest BCUT2D eigenvalue weighted by Crippen LogP contribution is -1.96. The zero-order valence-corrected chi connectivity index (χ0v) is 62.1. The van der Waals surface area contributed by atoms with E-state index >= 15 is 0 Å². The van der Waals surface area contributed by atoms with E-state index in [1.54, 1.807) is 0 Å². The maximum absolute atomic E-state index is 7.03. The van der Waals surface area contributed by atoms with Crippen LogP contribution < -0.4 is 0 Å². The summed E-state index contributed by atoms with van der Waals surface area (Å²) in [5, 5.41) is 16.6. The van der Waals surface area contributed by atoms with Gasteiger partial charge in [0.1, 0.15) is 22.3 Å². The first kappa shape index (κ1) is 63.3. The SMILES string of the molecule is c1ccc(-n2c3ccccc3c3cc(-c4ccc5c(c4)c4ccccc4n5-c4ccc5c(c4)c4ccccc4n5-c4cccc(-c5cccc6oc7c(-c8ccc(-n9c%10ccccc%10c%10cc(-c%11ccc%12c(c%11)c%11ccccc%11n%12-c%11ccc(-c%12cccc%13c%12oc%12ccccc%12%13)cc%11)ccc%109)cc8)cccc7c56)c4)ccc32)cc1. The molecule has 0 saturated carbocycles. The summed E-state index contributed by atoms with van der Waals surface area (Å²) < 4.78 is 25.6. The Hall–Kier alpha value is -15.4. The summed E-state index contributed by atoms with van der Waals surface area (Å²) in [6, 6.07) is 144. The van der Waals surface area contributed by atoms with Crippen molar-refractivity contribution in [2.45, 2.75) is 0 Å². The predicted octanol–water partition coefficient (Wildman–Crippen LogP) is 29.3. The number of nitrogens with zero attached hydrogens (tertiary/aromatic N) is 5. The van der Waals surface area contributed by atoms with Crippen LogP contribution in [0.2, 0.25) is 0 Å². The van der Waals surface area contributed by atoms with Crippen molar-refractivity contribution in [1.82, 2.24) is 22.8 Å². The molecule has 0 aliphatic rings. The zero-order valence-electron chi connectivity index (χ0n) is 62.1. The number of hydrogen-bond acceptors (Lipinski definition) is 2. The Bertz CT molecular complexity index is 8400. The Morgan fingerprint density at radius 2 is 0.443 bits per heavy atom. The van der Waals surface area contributed by atoms with E-state index in [2.05, 4.69) is 405 Å². The van der Waals surface area contributed by atoms with Gasteiger partial charge in [0.25, 0.3) is 0 Å². The van der Waals surface area contributed by atoms with E-state index < -0.39 is 0 Å². The fourth-order valence-electron chi connectivity index (χ4n) is 19.4. The molecule has 0 N–H and O–H groups in total. The summed E-state index contributed by atoms with van der Waals surface area (Å²) in [6.07, 6.45) is 0. The van der Waals surface area contributed by atoms with Crippen LogP contribution in [0.15, 0.2) is 403 Å². The first-order valence-electron chi connectivity index (χ1n) is 39.4. The van der Waals surface area contributed by atoms with Crippen LogP contribution in [0.4, 0.5) is 0 Å². The van der Waals surface area contributed by atoms with E-state index in [1.807, 2.05) is 12.1 Å². The van der Waals surface area contributed by atoms with E-state index in [0.29, 0.717) is 0 Å². The smallest absolute Gasteiger partial charge is 0.143 e. The lowest BCUT2D eigenvalue weighted by Gasteiger charge is -2.12. The van der Waals surface area contributed by atoms with E-state index in [4.69, 9.17) is 8.83 Å². The number of fused-ring (bicyclic) bond motifs is 21. The van der Waals surface area contributed by atoms with Crippen molar-refractivity contribution < 1.29 is 8.83 Å². The molecule has 0 aliphatic carbocycles. The van der Waals surface area contributed by atoms with Crippen LogP contribution in [-0.4, -0.2) is 22.8 Å². The van der Waals surface area contributed by atoms with Crippen LogP contribution in [0.25, 0.3) is 237 Å². The van der Waals surface area contributed by atoms with Crippen molar-refractivity contribution in [3.63, 3.8) is 0 Å². The van der Waals surface area contributed by atoms with Crippen molar-refractivity contribution in [3.05, 3.63) is 394 Å². The first-order chi connectivity index (χ1) is 57.0. The third-order valence-electron chi connectivity index (χ3n) is 24.5. The molecule has 7 nitrogen and oxygen atoms in total. The highest BCUT2D eigenvalue weighted by Gasteiger charge is 2.24. The van der Waals surface area contributed by atoms with Gasteiger partial charge in [0.2, 0.25) is 0 Å². The molecule has 7 heterocycles. The molecule has 0 saturated heterocycles. The van der Waals surface area contributed by atoms with Gasteiger partial charge < -0.3 is 31.7 Å². The minimum atomic E-state index is 0.852. The molecule has 0 bridgehead atoms. The maximum Gasteiger partial charge on any atom is 0.143 e. The van der Waals surface area contributed by atoms with Crippen LogP contribution in [0.1, 0.15) is 0 Å². The summed E-state index contributed by atoms with van der Waals surface area (Å²) in [5.74, 6) is 0. The highest BCUT2D eigenvalue weighted by Crippen LogP contribution is 2.47. The second-order valence-electron chi connectivity index (χ2n) is 30.6. The number of benzene rings is 18. The van der Waals surface area contributed by atoms with Gasteiger partial charge in [0.05, 0.1) is 55.2 Å². The fraction of sp³-hybridized carbons (Fsp3) is 0. The molecular formula is C108H65N5O2. The molecular weight excluding hydrogens is 1400 g/mol. The van der Waals surface area contributed by atoms with Crippen molar-refractivity contribution >= 4 is 153 Å². The molecule has 0 spiro atoms. The van der Waals surface area contributed by atoms with Crippen molar-refractivity contribution in [2.75, 3.05) is 0 Å². The molecule has 25 rings (SSSR count).